The van der Waals surface area contributed by atoms with Gasteiger partial charge in [0.2, 0.25) is 0 Å². The molecular weight excluding hydrogens is 208 g/mol. The van der Waals surface area contributed by atoms with Crippen molar-refractivity contribution in [3.05, 3.63) is 35.9 Å². The molecule has 1 aromatic rings. The summed E-state index contributed by atoms with van der Waals surface area (Å²) in [5.41, 5.74) is 0.776. The Kier molecular flexibility index (Phi) is 4.05. The number of rotatable bonds is 5. The largest absolute Gasteiger partial charge is 0.550 e. The highest BCUT2D eigenvalue weighted by atomic mass is 16.4. The molecule has 16 heavy (non-hydrogen) atoms. The van der Waals surface area contributed by atoms with Gasteiger partial charge in [0.15, 0.2) is 0 Å². The number of carboxylic acid groups (broad SMARTS) is 2. The van der Waals surface area contributed by atoms with E-state index in [1.54, 1.807) is 31.2 Å². The normalized spacial score (nSPS) is 14.1. The van der Waals surface area contributed by atoms with Gasteiger partial charge in [-0.3, -0.25) is 0 Å². The molecule has 1 aromatic carbocycles. The Morgan fingerprint density at radius 3 is 2.19 bits per heavy atom. The number of hydrogen-bond acceptors (Lipinski definition) is 4. The van der Waals surface area contributed by atoms with Gasteiger partial charge in [-0.2, -0.15) is 0 Å². The minimum atomic E-state index is -1.38. The van der Waals surface area contributed by atoms with E-state index in [0.717, 1.165) is 5.56 Å². The van der Waals surface area contributed by atoms with Gasteiger partial charge in [0.25, 0.3) is 0 Å². The fraction of sp³-hybridized carbons (Fsp3) is 0.333. The van der Waals surface area contributed by atoms with E-state index in [1.807, 2.05) is 6.07 Å². The van der Waals surface area contributed by atoms with E-state index in [2.05, 4.69) is 0 Å². The van der Waals surface area contributed by atoms with E-state index in [9.17, 15) is 19.8 Å². The minimum absolute atomic E-state index is 0.413. The van der Waals surface area contributed by atoms with Crippen molar-refractivity contribution in [3.8, 4) is 0 Å². The van der Waals surface area contributed by atoms with Gasteiger partial charge < -0.3 is 19.8 Å². The lowest BCUT2D eigenvalue weighted by atomic mass is 9.85. The number of carboxylic acids is 2. The second kappa shape index (κ2) is 5.30. The average molecular weight is 220 g/mol. The monoisotopic (exact) mass is 220 g/mol. The molecule has 4 nitrogen and oxygen atoms in total. The van der Waals surface area contributed by atoms with Crippen LogP contribution in [-0.2, 0) is 9.59 Å². The van der Waals surface area contributed by atoms with Gasteiger partial charge in [-0.15, -0.1) is 0 Å². The number of carbonyl (C=O) groups is 2. The fourth-order valence-electron chi connectivity index (χ4n) is 1.63. The van der Waals surface area contributed by atoms with Gasteiger partial charge in [-0.05, 0) is 17.9 Å². The van der Waals surface area contributed by atoms with Crippen LogP contribution in [0.1, 0.15) is 24.8 Å². The smallest absolute Gasteiger partial charge is 0.0455 e. The molecule has 0 aliphatic carbocycles. The van der Waals surface area contributed by atoms with Gasteiger partial charge in [0, 0.05) is 17.9 Å². The Labute approximate surface area is 93.5 Å². The van der Waals surface area contributed by atoms with Crippen molar-refractivity contribution >= 4 is 11.9 Å². The molecule has 0 heterocycles. The van der Waals surface area contributed by atoms with Gasteiger partial charge in [-0.1, -0.05) is 37.3 Å². The van der Waals surface area contributed by atoms with E-state index in [4.69, 9.17) is 0 Å². The van der Waals surface area contributed by atoms with Crippen LogP contribution in [0, 0.1) is 5.92 Å². The molecule has 86 valence electrons. The SMILES string of the molecule is CC(c1ccccc1)[C@H](CC(=O)[O-])C(=O)[O-]. The first kappa shape index (κ1) is 12.2. The minimum Gasteiger partial charge on any atom is -0.550 e. The first-order valence-corrected chi connectivity index (χ1v) is 4.98. The summed E-state index contributed by atoms with van der Waals surface area (Å²) >= 11 is 0. The van der Waals surface area contributed by atoms with Crippen LogP contribution in [0.2, 0.25) is 0 Å². The maximum Gasteiger partial charge on any atom is 0.0455 e. The molecule has 0 radical (unpaired) electrons. The van der Waals surface area contributed by atoms with Crippen LogP contribution >= 0.6 is 0 Å². The molecule has 0 bridgehead atoms. The molecule has 4 heteroatoms. The van der Waals surface area contributed by atoms with E-state index in [-0.39, 0.29) is 0 Å². The molecule has 0 spiro atoms. The van der Waals surface area contributed by atoms with Crippen LogP contribution in [0.3, 0.4) is 0 Å². The lowest BCUT2D eigenvalue weighted by Crippen LogP contribution is -2.38. The topological polar surface area (TPSA) is 80.3 Å². The average Bonchev–Trinajstić information content (AvgIpc) is 2.25. The summed E-state index contributed by atoms with van der Waals surface area (Å²) in [5.74, 6) is -4.21. The Bertz CT molecular complexity index is 372. The van der Waals surface area contributed by atoms with Gasteiger partial charge in [-0.25, -0.2) is 0 Å². The third-order valence-corrected chi connectivity index (χ3v) is 2.62. The van der Waals surface area contributed by atoms with Crippen molar-refractivity contribution in [1.29, 1.82) is 0 Å². The molecule has 0 aromatic heterocycles. The molecule has 0 fully saturated rings. The summed E-state index contributed by atoms with van der Waals surface area (Å²) in [5, 5.41) is 21.3. The van der Waals surface area contributed by atoms with Crippen molar-refractivity contribution in [3.63, 3.8) is 0 Å². The highest BCUT2D eigenvalue weighted by molar-refractivity contribution is 5.76. The Morgan fingerprint density at radius 1 is 1.19 bits per heavy atom. The molecule has 0 aliphatic rings. The highest BCUT2D eigenvalue weighted by Gasteiger charge is 2.20. The zero-order valence-electron chi connectivity index (χ0n) is 8.88. The summed E-state index contributed by atoms with van der Waals surface area (Å²) in [6.07, 6.45) is -0.529. The Hall–Kier alpha value is -1.84. The predicted octanol–water partition coefficient (Wildman–Crippen LogP) is -0.704. The van der Waals surface area contributed by atoms with Gasteiger partial charge >= 0.3 is 0 Å². The Balaban J connectivity index is 2.87. The summed E-state index contributed by atoms with van der Waals surface area (Å²) in [4.78, 5) is 21.3. The van der Waals surface area contributed by atoms with Crippen LogP contribution in [0.25, 0.3) is 0 Å². The van der Waals surface area contributed by atoms with Crippen LogP contribution in [0.4, 0.5) is 0 Å². The quantitative estimate of drug-likeness (QED) is 0.657. The summed E-state index contributed by atoms with van der Waals surface area (Å²) < 4.78 is 0. The van der Waals surface area contributed by atoms with Crippen molar-refractivity contribution < 1.29 is 19.8 Å². The number of carbonyl (C=O) groups excluding carboxylic acids is 2. The van der Waals surface area contributed by atoms with E-state index in [1.165, 1.54) is 0 Å². The van der Waals surface area contributed by atoms with Crippen LogP contribution in [0.15, 0.2) is 30.3 Å². The van der Waals surface area contributed by atoms with E-state index >= 15 is 0 Å². The molecule has 1 unspecified atom stereocenters. The molecule has 0 N–H and O–H groups in total. The van der Waals surface area contributed by atoms with E-state index in [0.29, 0.717) is 0 Å². The molecule has 0 aliphatic heterocycles. The number of hydrogen-bond donors (Lipinski definition) is 0. The Morgan fingerprint density at radius 2 is 1.75 bits per heavy atom. The predicted molar refractivity (Wildman–Crippen MR) is 53.0 cm³/mol. The van der Waals surface area contributed by atoms with Crippen LogP contribution in [-0.4, -0.2) is 11.9 Å². The standard InChI is InChI=1S/C12H14O4/c1-8(9-5-3-2-4-6-9)10(12(15)16)7-11(13)14/h2-6,8,10H,7H2,1H3,(H,13,14)(H,15,16)/p-2/t8?,10-/m0/s1. The molecule has 0 saturated heterocycles. The number of aliphatic carboxylic acids is 2. The van der Waals surface area contributed by atoms with Crippen LogP contribution < -0.4 is 10.2 Å². The highest BCUT2D eigenvalue weighted by Crippen LogP contribution is 2.25. The maximum absolute atomic E-state index is 10.8. The van der Waals surface area contributed by atoms with Crippen LogP contribution in [0.5, 0.6) is 0 Å². The fourth-order valence-corrected chi connectivity index (χ4v) is 1.63. The summed E-state index contributed by atoms with van der Waals surface area (Å²) in [6, 6.07) is 8.88. The third kappa shape index (κ3) is 3.08. The lowest BCUT2D eigenvalue weighted by molar-refractivity contribution is -0.321. The molecule has 0 saturated carbocycles. The van der Waals surface area contributed by atoms with Crippen molar-refractivity contribution in [2.75, 3.05) is 0 Å². The summed E-state index contributed by atoms with van der Waals surface area (Å²) in [7, 11) is 0. The second-order valence-corrected chi connectivity index (χ2v) is 3.70. The zero-order chi connectivity index (χ0) is 12.1. The second-order valence-electron chi connectivity index (χ2n) is 3.70. The van der Waals surface area contributed by atoms with Crippen molar-refractivity contribution in [2.45, 2.75) is 19.3 Å². The first-order chi connectivity index (χ1) is 7.52. The van der Waals surface area contributed by atoms with Crippen molar-refractivity contribution in [2.24, 2.45) is 5.92 Å². The molecule has 0 amide bonds. The lowest BCUT2D eigenvalue weighted by Gasteiger charge is -2.25. The van der Waals surface area contributed by atoms with E-state index < -0.39 is 30.2 Å². The first-order valence-electron chi connectivity index (χ1n) is 4.98. The van der Waals surface area contributed by atoms with Gasteiger partial charge in [0.1, 0.15) is 0 Å². The summed E-state index contributed by atoms with van der Waals surface area (Å²) in [6.45, 7) is 1.67. The zero-order valence-corrected chi connectivity index (χ0v) is 8.88. The van der Waals surface area contributed by atoms with Crippen molar-refractivity contribution in [1.82, 2.24) is 0 Å². The third-order valence-electron chi connectivity index (χ3n) is 2.62. The molecule has 1 rings (SSSR count). The maximum atomic E-state index is 10.8. The van der Waals surface area contributed by atoms with Gasteiger partial charge in [0.05, 0.1) is 0 Å². The number of benzene rings is 1. The molecular formula is C12H12O4-2. The molecule has 2 atom stereocenters.